The number of hydrogen-bond acceptors (Lipinski definition) is 7. The summed E-state index contributed by atoms with van der Waals surface area (Å²) in [5, 5.41) is 31.0. The van der Waals surface area contributed by atoms with E-state index < -0.39 is 76.3 Å². The van der Waals surface area contributed by atoms with Gasteiger partial charge in [0.1, 0.15) is 17.0 Å². The first kappa shape index (κ1) is 31.6. The van der Waals surface area contributed by atoms with E-state index in [-0.39, 0.29) is 16.5 Å². The molecule has 0 bridgehead atoms. The van der Waals surface area contributed by atoms with E-state index in [9.17, 15) is 41.4 Å². The number of aryl methyl sites for hydroxylation is 1. The van der Waals surface area contributed by atoms with Crippen LogP contribution in [-0.2, 0) is 11.2 Å². The van der Waals surface area contributed by atoms with Crippen LogP contribution in [0.1, 0.15) is 41.2 Å². The molecule has 4 rings (SSSR count). The highest BCUT2D eigenvalue weighted by Gasteiger charge is 2.57. The van der Waals surface area contributed by atoms with Gasteiger partial charge in [0.25, 0.3) is 5.91 Å². The molecule has 1 amide bonds. The van der Waals surface area contributed by atoms with E-state index in [2.05, 4.69) is 19.9 Å². The van der Waals surface area contributed by atoms with Crippen molar-refractivity contribution in [2.75, 3.05) is 6.54 Å². The zero-order valence-electron chi connectivity index (χ0n) is 22.6. The zero-order chi connectivity index (χ0) is 31.9. The topological polar surface area (TPSA) is 117 Å². The van der Waals surface area contributed by atoms with Crippen LogP contribution in [0.3, 0.4) is 0 Å². The predicted octanol–water partition coefficient (Wildman–Crippen LogP) is 5.29. The molecule has 0 fully saturated rings. The molecule has 1 atom stereocenters. The fourth-order valence-corrected chi connectivity index (χ4v) is 4.18. The number of alkyl halides is 5. The smallest absolute Gasteiger partial charge is 0.424 e. The summed E-state index contributed by atoms with van der Waals surface area (Å²) in [5.41, 5.74) is -9.01. The molecule has 4 aromatic rings. The molecule has 0 aliphatic carbocycles. The molecule has 0 unspecified atom stereocenters. The number of aliphatic hydroxyl groups is 2. The largest absolute Gasteiger partial charge is 0.432 e. The lowest BCUT2D eigenvalue weighted by Gasteiger charge is -2.32. The minimum atomic E-state index is -5.53. The van der Waals surface area contributed by atoms with E-state index in [1.54, 1.807) is 0 Å². The van der Waals surface area contributed by atoms with Crippen molar-refractivity contribution in [2.45, 2.75) is 44.8 Å². The van der Waals surface area contributed by atoms with E-state index in [0.717, 1.165) is 50.2 Å². The van der Waals surface area contributed by atoms with Gasteiger partial charge in [-0.1, -0.05) is 0 Å². The average molecular weight is 613 g/mol. The maximum absolute atomic E-state index is 15.4. The Kier molecular flexibility index (Phi) is 8.35. The van der Waals surface area contributed by atoms with Crippen molar-refractivity contribution >= 4 is 16.8 Å². The Morgan fingerprint density at radius 2 is 1.65 bits per heavy atom. The molecule has 0 saturated carbocycles. The molecule has 2 aromatic carbocycles. The summed E-state index contributed by atoms with van der Waals surface area (Å²) in [6.07, 6.45) is -5.53. The van der Waals surface area contributed by atoms with Crippen molar-refractivity contribution in [2.24, 2.45) is 0 Å². The van der Waals surface area contributed by atoms with E-state index in [1.807, 2.05) is 5.32 Å². The van der Waals surface area contributed by atoms with Gasteiger partial charge in [0.2, 0.25) is 5.60 Å². The van der Waals surface area contributed by atoms with Crippen LogP contribution in [0, 0.1) is 18.6 Å². The van der Waals surface area contributed by atoms with Crippen LogP contribution in [0.4, 0.5) is 30.7 Å². The maximum Gasteiger partial charge on any atom is 0.424 e. The first-order valence-corrected chi connectivity index (χ1v) is 12.4. The van der Waals surface area contributed by atoms with Crippen LogP contribution in [-0.4, -0.2) is 50.6 Å². The molecule has 43 heavy (non-hydrogen) atoms. The number of halogens is 7. The fourth-order valence-electron chi connectivity index (χ4n) is 4.18. The number of fused-ring (bicyclic) bond motifs is 1. The van der Waals surface area contributed by atoms with Crippen molar-refractivity contribution in [1.82, 2.24) is 20.5 Å². The number of nitrogens with zero attached hydrogens (tertiary/aromatic N) is 3. The summed E-state index contributed by atoms with van der Waals surface area (Å²) >= 11 is 0. The van der Waals surface area contributed by atoms with Gasteiger partial charge in [-0.25, -0.2) is 13.8 Å². The van der Waals surface area contributed by atoms with Gasteiger partial charge in [-0.3, -0.25) is 4.79 Å². The predicted molar refractivity (Wildman–Crippen MR) is 138 cm³/mol. The van der Waals surface area contributed by atoms with Crippen molar-refractivity contribution in [3.05, 3.63) is 82.7 Å². The molecular formula is C28H23F7N4O4. The third-order valence-electron chi connectivity index (χ3n) is 6.39. The normalized spacial score (nSPS) is 13.7. The monoisotopic (exact) mass is 612 g/mol. The van der Waals surface area contributed by atoms with Gasteiger partial charge in [-0.2, -0.15) is 27.1 Å². The number of amides is 1. The molecule has 0 aliphatic rings. The molecule has 0 aliphatic heterocycles. The second-order valence-electron chi connectivity index (χ2n) is 10.1. The maximum atomic E-state index is 15.4. The van der Waals surface area contributed by atoms with E-state index in [1.165, 1.54) is 13.0 Å². The Morgan fingerprint density at radius 3 is 2.23 bits per heavy atom. The first-order chi connectivity index (χ1) is 19.9. The summed E-state index contributed by atoms with van der Waals surface area (Å²) in [7, 11) is 0. The van der Waals surface area contributed by atoms with Crippen molar-refractivity contribution in [3.8, 4) is 17.0 Å². The molecule has 2 aromatic heterocycles. The Balaban J connectivity index is 1.79. The number of aromatic nitrogens is 3. The van der Waals surface area contributed by atoms with Crippen LogP contribution in [0.2, 0.25) is 0 Å². The summed E-state index contributed by atoms with van der Waals surface area (Å²) in [5.74, 6) is -3.76. The number of benzene rings is 2. The molecule has 228 valence electrons. The summed E-state index contributed by atoms with van der Waals surface area (Å²) in [6.45, 7) is -1.21. The number of hydrogen-bond donors (Lipinski definition) is 3. The van der Waals surface area contributed by atoms with E-state index in [4.69, 9.17) is 0 Å². The zero-order valence-corrected chi connectivity index (χ0v) is 22.6. The summed E-state index contributed by atoms with van der Waals surface area (Å²) in [6, 6.07) is 7.74. The van der Waals surface area contributed by atoms with Crippen LogP contribution in [0.15, 0.2) is 48.5 Å². The minimum Gasteiger partial charge on any atom is -0.432 e. The number of carbonyl (C=O) groups is 1. The van der Waals surface area contributed by atoms with Crippen molar-refractivity contribution in [1.29, 1.82) is 0 Å². The molecule has 0 spiro atoms. The number of ether oxygens (including phenoxy) is 1. The molecule has 15 heteroatoms. The Morgan fingerprint density at radius 1 is 1.00 bits per heavy atom. The fraction of sp³-hybridized carbons (Fsp3) is 0.286. The van der Waals surface area contributed by atoms with Crippen LogP contribution >= 0.6 is 0 Å². The van der Waals surface area contributed by atoms with Gasteiger partial charge in [-0.15, -0.1) is 5.10 Å². The van der Waals surface area contributed by atoms with Gasteiger partial charge < -0.3 is 20.3 Å². The third-order valence-corrected chi connectivity index (χ3v) is 6.39. The summed E-state index contributed by atoms with van der Waals surface area (Å²) < 4.78 is 103. The lowest BCUT2D eigenvalue weighted by Crippen LogP contribution is -2.51. The van der Waals surface area contributed by atoms with Gasteiger partial charge in [-0.05, 0) is 69.3 Å². The number of pyridine rings is 1. The second kappa shape index (κ2) is 11.4. The van der Waals surface area contributed by atoms with Gasteiger partial charge >= 0.3 is 12.8 Å². The minimum absolute atomic E-state index is 0.112. The molecule has 0 saturated heterocycles. The van der Waals surface area contributed by atoms with Crippen LogP contribution < -0.4 is 10.1 Å². The third kappa shape index (κ3) is 6.51. The SMILES string of the molecule is Cc1cc2cc(C(=O)NC[C@](O)(c3cc(C(C)(C)O)c(F)c(-c4ccc(F)cc4)n3)C(F)(F)F)cc(OC(F)F)c2nn1. The van der Waals surface area contributed by atoms with E-state index >= 15 is 4.39 Å². The highest BCUT2D eigenvalue weighted by atomic mass is 19.4. The van der Waals surface area contributed by atoms with Gasteiger partial charge in [0.05, 0.1) is 23.5 Å². The van der Waals surface area contributed by atoms with Crippen LogP contribution in [0.25, 0.3) is 22.2 Å². The molecule has 0 radical (unpaired) electrons. The summed E-state index contributed by atoms with van der Waals surface area (Å²) in [4.78, 5) is 16.7. The standard InChI is InChI=1S/C28H23F7N4O4/c1-13-8-15-9-16(10-19(43-25(31)32)22(15)39-38-13)24(40)36-12-27(42,28(33,34)35)20-11-18(26(2,3)41)21(30)23(37-20)14-4-6-17(29)7-5-14/h4-11,25,41-42H,12H2,1-3H3,(H,36,40)/t27-/m0/s1. The molecule has 8 nitrogen and oxygen atoms in total. The Labute approximate surface area is 239 Å². The lowest BCUT2D eigenvalue weighted by atomic mass is 9.90. The van der Waals surface area contributed by atoms with Crippen LogP contribution in [0.5, 0.6) is 5.75 Å². The second-order valence-corrected chi connectivity index (χ2v) is 10.1. The highest BCUT2D eigenvalue weighted by Crippen LogP contribution is 2.41. The van der Waals surface area contributed by atoms with E-state index in [0.29, 0.717) is 11.8 Å². The van der Waals surface area contributed by atoms with Gasteiger partial charge in [0.15, 0.2) is 11.6 Å². The highest BCUT2D eigenvalue weighted by molar-refractivity contribution is 5.99. The molecule has 3 N–H and O–H groups in total. The quantitative estimate of drug-likeness (QED) is 0.232. The number of rotatable bonds is 8. The Hall–Kier alpha value is -4.37. The first-order valence-electron chi connectivity index (χ1n) is 12.4. The molecular weight excluding hydrogens is 589 g/mol. The average Bonchev–Trinajstić information content (AvgIpc) is 2.90. The Bertz CT molecular complexity index is 1680. The van der Waals surface area contributed by atoms with Crippen molar-refractivity contribution < 1.29 is 50.5 Å². The number of carbonyl (C=O) groups excluding carboxylic acids is 1. The lowest BCUT2D eigenvalue weighted by molar-refractivity contribution is -0.265. The van der Waals surface area contributed by atoms with Gasteiger partial charge in [0, 0.05) is 22.1 Å². The van der Waals surface area contributed by atoms with Crippen molar-refractivity contribution in [3.63, 3.8) is 0 Å². The number of nitrogens with one attached hydrogen (secondary N) is 1. The molecule has 2 heterocycles.